The number of benzene rings is 2. The van der Waals surface area contributed by atoms with E-state index >= 15 is 0 Å². The number of hydrogen-bond acceptors (Lipinski definition) is 4. The Morgan fingerprint density at radius 3 is 2.77 bits per heavy atom. The zero-order valence-electron chi connectivity index (χ0n) is 18.2. The quantitative estimate of drug-likeness (QED) is 0.480. The van der Waals surface area contributed by atoms with Crippen molar-refractivity contribution in [3.8, 4) is 17.2 Å². The summed E-state index contributed by atoms with van der Waals surface area (Å²) in [4.78, 5) is 15.6. The Labute approximate surface area is 183 Å². The van der Waals surface area contributed by atoms with Gasteiger partial charge in [0, 0.05) is 24.8 Å². The first-order chi connectivity index (χ1) is 15.0. The molecule has 5 nitrogen and oxygen atoms in total. The number of carboxylic acid groups (broad SMARTS) is 1. The normalized spacial score (nSPS) is 15.1. The van der Waals surface area contributed by atoms with Crippen LogP contribution in [0.4, 0.5) is 0 Å². The summed E-state index contributed by atoms with van der Waals surface area (Å²) < 4.78 is 12.0. The van der Waals surface area contributed by atoms with E-state index < -0.39 is 5.97 Å². The van der Waals surface area contributed by atoms with E-state index in [9.17, 15) is 4.79 Å². The highest BCUT2D eigenvalue weighted by atomic mass is 16.5. The summed E-state index contributed by atoms with van der Waals surface area (Å²) in [7, 11) is 0. The Bertz CT molecular complexity index is 1050. The molecule has 1 heterocycles. The van der Waals surface area contributed by atoms with Crippen molar-refractivity contribution in [2.45, 2.75) is 58.3 Å². The molecule has 1 unspecified atom stereocenters. The van der Waals surface area contributed by atoms with Gasteiger partial charge < -0.3 is 14.3 Å². The summed E-state index contributed by atoms with van der Waals surface area (Å²) in [6.07, 6.45) is 4.43. The van der Waals surface area contributed by atoms with Crippen molar-refractivity contribution in [1.82, 2.24) is 4.98 Å². The second-order valence-corrected chi connectivity index (χ2v) is 8.24. The van der Waals surface area contributed by atoms with Crippen LogP contribution in [0.25, 0.3) is 11.5 Å². The minimum absolute atomic E-state index is 0.227. The van der Waals surface area contributed by atoms with Crippen LogP contribution in [0.1, 0.15) is 60.2 Å². The van der Waals surface area contributed by atoms with E-state index in [1.54, 1.807) is 0 Å². The third-order valence-electron chi connectivity index (χ3n) is 6.03. The number of carboxylic acids is 1. The number of aromatic nitrogens is 1. The van der Waals surface area contributed by atoms with Gasteiger partial charge in [-0.2, -0.15) is 0 Å². The molecule has 4 rings (SSSR count). The van der Waals surface area contributed by atoms with E-state index in [1.165, 1.54) is 16.7 Å². The lowest BCUT2D eigenvalue weighted by Gasteiger charge is -2.11. The fourth-order valence-corrected chi connectivity index (χ4v) is 4.31. The number of hydrogen-bond donors (Lipinski definition) is 1. The molecule has 5 heteroatoms. The fraction of sp³-hybridized carbons (Fsp3) is 0.385. The maximum absolute atomic E-state index is 10.9. The number of nitrogens with zero attached hydrogens (tertiary/aromatic N) is 1. The van der Waals surface area contributed by atoms with E-state index in [-0.39, 0.29) is 6.42 Å². The predicted octanol–water partition coefficient (Wildman–Crippen LogP) is 5.73. The first-order valence-corrected chi connectivity index (χ1v) is 11.1. The topological polar surface area (TPSA) is 72.6 Å². The minimum Gasteiger partial charge on any atom is -0.493 e. The summed E-state index contributed by atoms with van der Waals surface area (Å²) in [5.74, 6) is 2.06. The SMILES string of the molecule is CCc1oc(-c2ccc(C)cc2)nc1CCOc1ccc2c(c1)CCC2CCC(=O)O. The van der Waals surface area contributed by atoms with Gasteiger partial charge in [-0.3, -0.25) is 4.79 Å². The molecule has 0 amide bonds. The first-order valence-electron chi connectivity index (χ1n) is 11.1. The van der Waals surface area contributed by atoms with Gasteiger partial charge in [-0.05, 0) is 67.5 Å². The van der Waals surface area contributed by atoms with Gasteiger partial charge in [0.25, 0.3) is 0 Å². The van der Waals surface area contributed by atoms with E-state index in [2.05, 4.69) is 38.1 Å². The standard InChI is InChI=1S/C26H29NO4/c1-3-24-23(27-26(31-24)19-6-4-17(2)5-7-19)14-15-30-21-11-12-22-18(10-13-25(28)29)8-9-20(22)16-21/h4-7,11-12,16,18H,3,8-10,13-15H2,1-2H3,(H,28,29). The third-order valence-corrected chi connectivity index (χ3v) is 6.03. The number of ether oxygens (including phenoxy) is 1. The lowest BCUT2D eigenvalue weighted by Crippen LogP contribution is -2.04. The van der Waals surface area contributed by atoms with Crippen LogP contribution in [0, 0.1) is 6.92 Å². The van der Waals surface area contributed by atoms with Gasteiger partial charge in [-0.1, -0.05) is 30.7 Å². The molecular weight excluding hydrogens is 390 g/mol. The second-order valence-electron chi connectivity index (χ2n) is 8.24. The molecule has 31 heavy (non-hydrogen) atoms. The molecule has 0 spiro atoms. The summed E-state index contributed by atoms with van der Waals surface area (Å²) in [5, 5.41) is 8.94. The molecule has 1 aliphatic carbocycles. The highest BCUT2D eigenvalue weighted by molar-refractivity contribution is 5.66. The average molecular weight is 420 g/mol. The van der Waals surface area contributed by atoms with E-state index in [1.807, 2.05) is 18.2 Å². The van der Waals surface area contributed by atoms with E-state index in [0.29, 0.717) is 31.3 Å². The Morgan fingerprint density at radius 1 is 1.23 bits per heavy atom. The summed E-state index contributed by atoms with van der Waals surface area (Å²) in [6, 6.07) is 14.4. The molecule has 0 aliphatic heterocycles. The minimum atomic E-state index is -0.724. The van der Waals surface area contributed by atoms with Gasteiger partial charge in [0.1, 0.15) is 11.5 Å². The van der Waals surface area contributed by atoms with Crippen LogP contribution in [-0.2, 0) is 24.1 Å². The van der Waals surface area contributed by atoms with Crippen molar-refractivity contribution >= 4 is 5.97 Å². The maximum Gasteiger partial charge on any atom is 0.303 e. The lowest BCUT2D eigenvalue weighted by molar-refractivity contribution is -0.137. The van der Waals surface area contributed by atoms with Gasteiger partial charge in [0.2, 0.25) is 5.89 Å². The molecular formula is C26H29NO4. The molecule has 0 saturated carbocycles. The molecule has 1 atom stereocenters. The molecule has 0 bridgehead atoms. The van der Waals surface area contributed by atoms with Gasteiger partial charge >= 0.3 is 5.97 Å². The summed E-state index contributed by atoms with van der Waals surface area (Å²) >= 11 is 0. The number of carbonyl (C=O) groups is 1. The van der Waals surface area contributed by atoms with E-state index in [4.69, 9.17) is 19.2 Å². The van der Waals surface area contributed by atoms with E-state index in [0.717, 1.165) is 42.0 Å². The van der Waals surface area contributed by atoms with Crippen molar-refractivity contribution in [2.24, 2.45) is 0 Å². The maximum atomic E-state index is 10.9. The molecule has 0 saturated heterocycles. The Kier molecular flexibility index (Phi) is 6.40. The van der Waals surface area contributed by atoms with Crippen molar-refractivity contribution in [1.29, 1.82) is 0 Å². The average Bonchev–Trinajstić information content (AvgIpc) is 3.36. The fourth-order valence-electron chi connectivity index (χ4n) is 4.31. The Hall–Kier alpha value is -3.08. The van der Waals surface area contributed by atoms with Crippen LogP contribution in [-0.4, -0.2) is 22.7 Å². The molecule has 3 aromatic rings. The highest BCUT2D eigenvalue weighted by Gasteiger charge is 2.23. The summed E-state index contributed by atoms with van der Waals surface area (Å²) in [6.45, 7) is 4.67. The Balaban J connectivity index is 1.37. The number of aryl methyl sites for hydroxylation is 3. The zero-order chi connectivity index (χ0) is 21.8. The predicted molar refractivity (Wildman–Crippen MR) is 120 cm³/mol. The van der Waals surface area contributed by atoms with Crippen LogP contribution in [0.2, 0.25) is 0 Å². The van der Waals surface area contributed by atoms with Gasteiger partial charge in [-0.15, -0.1) is 0 Å². The van der Waals surface area contributed by atoms with Crippen LogP contribution in [0.3, 0.4) is 0 Å². The molecule has 0 fully saturated rings. The highest BCUT2D eigenvalue weighted by Crippen LogP contribution is 2.38. The molecule has 0 radical (unpaired) electrons. The largest absolute Gasteiger partial charge is 0.493 e. The molecule has 1 aromatic heterocycles. The van der Waals surface area contributed by atoms with Crippen LogP contribution >= 0.6 is 0 Å². The molecule has 2 aromatic carbocycles. The number of fused-ring (bicyclic) bond motifs is 1. The van der Waals surface area contributed by atoms with Crippen LogP contribution in [0.15, 0.2) is 46.9 Å². The van der Waals surface area contributed by atoms with Gasteiger partial charge in [0.05, 0.1) is 12.3 Å². The smallest absolute Gasteiger partial charge is 0.303 e. The number of rotatable bonds is 9. The second kappa shape index (κ2) is 9.38. The van der Waals surface area contributed by atoms with Gasteiger partial charge in [0.15, 0.2) is 0 Å². The zero-order valence-corrected chi connectivity index (χ0v) is 18.2. The van der Waals surface area contributed by atoms with Crippen molar-refractivity contribution in [3.63, 3.8) is 0 Å². The number of aliphatic carboxylic acids is 1. The van der Waals surface area contributed by atoms with Crippen LogP contribution in [0.5, 0.6) is 5.75 Å². The number of oxazole rings is 1. The third kappa shape index (κ3) is 4.98. The first kappa shape index (κ1) is 21.2. The Morgan fingerprint density at radius 2 is 2.03 bits per heavy atom. The van der Waals surface area contributed by atoms with Crippen molar-refractivity contribution in [2.75, 3.05) is 6.61 Å². The molecule has 1 N–H and O–H groups in total. The monoisotopic (exact) mass is 419 g/mol. The molecule has 1 aliphatic rings. The molecule has 162 valence electrons. The van der Waals surface area contributed by atoms with Gasteiger partial charge in [-0.25, -0.2) is 4.98 Å². The lowest BCUT2D eigenvalue weighted by atomic mass is 9.96. The van der Waals surface area contributed by atoms with Crippen molar-refractivity contribution < 1.29 is 19.1 Å². The summed E-state index contributed by atoms with van der Waals surface area (Å²) in [5.41, 5.74) is 5.71. The van der Waals surface area contributed by atoms with Crippen molar-refractivity contribution in [3.05, 3.63) is 70.6 Å². The van der Waals surface area contributed by atoms with Crippen LogP contribution < -0.4 is 4.74 Å².